The molecule has 2 atom stereocenters. The number of carbonyl (C=O) groups excluding carboxylic acids is 2. The number of hydrogen-bond acceptors (Lipinski definition) is 5. The van der Waals surface area contributed by atoms with E-state index < -0.39 is 6.04 Å². The Hall–Kier alpha value is -1.64. The van der Waals surface area contributed by atoms with Crippen LogP contribution in [0.4, 0.5) is 4.79 Å². The van der Waals surface area contributed by atoms with Crippen LogP contribution in [0.15, 0.2) is 0 Å². The van der Waals surface area contributed by atoms with Gasteiger partial charge in [0.1, 0.15) is 0 Å². The molecule has 2 aliphatic heterocycles. The Labute approximate surface area is 92.4 Å². The van der Waals surface area contributed by atoms with Gasteiger partial charge in [-0.05, 0) is 0 Å². The van der Waals surface area contributed by atoms with Crippen molar-refractivity contribution in [2.24, 2.45) is 5.84 Å². The molecule has 16 heavy (non-hydrogen) atoms. The maximum absolute atomic E-state index is 11.8. The van der Waals surface area contributed by atoms with E-state index in [0.717, 1.165) is 5.06 Å². The maximum atomic E-state index is 11.8. The van der Waals surface area contributed by atoms with E-state index in [4.69, 9.17) is 15.9 Å². The van der Waals surface area contributed by atoms with Crippen LogP contribution < -0.4 is 11.3 Å². The monoisotopic (exact) mass is 225 g/mol. The predicted octanol–water partition coefficient (Wildman–Crippen LogP) is -1.44. The molecule has 0 unspecified atom stereocenters. The third-order valence-electron chi connectivity index (χ3n) is 2.93. The number of fused-ring (bicyclic) bond motifs is 2. The van der Waals surface area contributed by atoms with Crippen molar-refractivity contribution < 1.29 is 14.3 Å². The van der Waals surface area contributed by atoms with Crippen LogP contribution in [0.5, 0.6) is 0 Å². The van der Waals surface area contributed by atoms with Crippen LogP contribution in [0.2, 0.25) is 0 Å². The van der Waals surface area contributed by atoms with E-state index in [1.54, 1.807) is 0 Å². The standard InChI is InChI=1S/C7H12BN5O3/c9-8-16-13-4-1-2-5(6(14)11-10)12(3-4)7(13)15/h4-5,9H,1-3,10H2,(H,11,14)/t4-,5+/m1/s1. The van der Waals surface area contributed by atoms with E-state index in [1.165, 1.54) is 4.90 Å². The molecular weight excluding hydrogens is 213 g/mol. The molecule has 2 bridgehead atoms. The fourth-order valence-corrected chi connectivity index (χ4v) is 2.19. The molecule has 0 aromatic heterocycles. The minimum atomic E-state index is -0.534. The molecule has 3 amide bonds. The molecule has 0 aliphatic carbocycles. The summed E-state index contributed by atoms with van der Waals surface area (Å²) < 4.78 is 4.81. The number of carbonyl (C=O) groups is 2. The van der Waals surface area contributed by atoms with Gasteiger partial charge in [0.05, 0.1) is 0 Å². The van der Waals surface area contributed by atoms with Gasteiger partial charge in [-0.2, -0.15) is 0 Å². The Kier molecular flexibility index (Phi) is 2.78. The SMILES string of the molecule is N=BON1C(=O)N2C[C@H]1CC[C@H]2C(=O)NN. The van der Waals surface area contributed by atoms with Crippen molar-refractivity contribution in [2.45, 2.75) is 24.9 Å². The number of nitrogens with one attached hydrogen (secondary N) is 2. The van der Waals surface area contributed by atoms with E-state index in [0.29, 0.717) is 26.7 Å². The van der Waals surface area contributed by atoms with Crippen molar-refractivity contribution in [3.05, 3.63) is 0 Å². The van der Waals surface area contributed by atoms with Crippen LogP contribution in [0, 0.1) is 5.31 Å². The third-order valence-corrected chi connectivity index (χ3v) is 2.93. The van der Waals surface area contributed by atoms with E-state index in [2.05, 4.69) is 0 Å². The first-order valence-electron chi connectivity index (χ1n) is 4.95. The summed E-state index contributed by atoms with van der Waals surface area (Å²) in [5.74, 6) is 4.68. The van der Waals surface area contributed by atoms with Gasteiger partial charge < -0.3 is 0 Å². The number of rotatable bonds is 3. The number of hydrogen-bond donors (Lipinski definition) is 3. The predicted molar refractivity (Wildman–Crippen MR) is 52.6 cm³/mol. The van der Waals surface area contributed by atoms with Gasteiger partial charge in [0, 0.05) is 0 Å². The van der Waals surface area contributed by atoms with Crippen LogP contribution in [-0.2, 0) is 9.55 Å². The average Bonchev–Trinajstić information content (AvgIpc) is 2.54. The summed E-state index contributed by atoms with van der Waals surface area (Å²) in [4.78, 5) is 24.7. The molecule has 0 radical (unpaired) electrons. The first-order chi connectivity index (χ1) is 7.69. The van der Waals surface area contributed by atoms with Crippen molar-refractivity contribution in [2.75, 3.05) is 6.54 Å². The van der Waals surface area contributed by atoms with Gasteiger partial charge >= 0.3 is 91.6 Å². The molecule has 2 heterocycles. The first kappa shape index (κ1) is 10.9. The molecule has 0 saturated carbocycles. The van der Waals surface area contributed by atoms with Crippen molar-refractivity contribution in [3.8, 4) is 0 Å². The minimum absolute atomic E-state index is 0.0871. The molecule has 0 aromatic carbocycles. The van der Waals surface area contributed by atoms with Crippen molar-refractivity contribution >= 4 is 19.2 Å². The quantitative estimate of drug-likeness (QED) is 0.236. The molecule has 2 rings (SSSR count). The zero-order valence-corrected chi connectivity index (χ0v) is 8.55. The fraction of sp³-hybridized carbons (Fsp3) is 0.714. The molecule has 0 aromatic rings. The van der Waals surface area contributed by atoms with Gasteiger partial charge in [-0.1, -0.05) is 0 Å². The summed E-state index contributed by atoms with van der Waals surface area (Å²) in [5.41, 5.74) is 2.05. The fourth-order valence-electron chi connectivity index (χ4n) is 2.19. The summed E-state index contributed by atoms with van der Waals surface area (Å²) in [5, 5.41) is 7.96. The number of nitrogens with two attached hydrogens (primary N) is 1. The van der Waals surface area contributed by atoms with Gasteiger partial charge in [-0.15, -0.1) is 0 Å². The summed E-state index contributed by atoms with van der Waals surface area (Å²) in [7, 11) is 0.706. The van der Waals surface area contributed by atoms with E-state index >= 15 is 0 Å². The van der Waals surface area contributed by atoms with Gasteiger partial charge in [0.15, 0.2) is 0 Å². The molecule has 9 heteroatoms. The Morgan fingerprint density at radius 3 is 3.00 bits per heavy atom. The number of hydrazine groups is 1. The summed E-state index contributed by atoms with van der Waals surface area (Å²) in [6.45, 7) is 0.435. The van der Waals surface area contributed by atoms with E-state index in [-0.39, 0.29) is 18.0 Å². The van der Waals surface area contributed by atoms with Crippen LogP contribution in [-0.4, -0.2) is 47.8 Å². The van der Waals surface area contributed by atoms with E-state index in [9.17, 15) is 9.59 Å². The van der Waals surface area contributed by atoms with Crippen LogP contribution in [0.3, 0.4) is 0 Å². The van der Waals surface area contributed by atoms with Crippen LogP contribution in [0.25, 0.3) is 0 Å². The number of hydroxylamine groups is 2. The van der Waals surface area contributed by atoms with Gasteiger partial charge in [0.25, 0.3) is 0 Å². The zero-order valence-electron chi connectivity index (χ0n) is 8.55. The molecular formula is C7H12BN5O3. The first-order valence-corrected chi connectivity index (χ1v) is 4.95. The van der Waals surface area contributed by atoms with Crippen LogP contribution in [0.1, 0.15) is 12.8 Å². The van der Waals surface area contributed by atoms with Gasteiger partial charge in [0.2, 0.25) is 0 Å². The number of urea groups is 1. The molecule has 2 saturated heterocycles. The second-order valence-electron chi connectivity index (χ2n) is 3.74. The van der Waals surface area contributed by atoms with Gasteiger partial charge in [-0.25, -0.2) is 0 Å². The Balaban J connectivity index is 2.14. The van der Waals surface area contributed by atoms with Gasteiger partial charge in [-0.3, -0.25) is 0 Å². The third kappa shape index (κ3) is 1.52. The topological polar surface area (TPSA) is 112 Å². The Morgan fingerprint density at radius 1 is 1.62 bits per heavy atom. The molecule has 4 N–H and O–H groups in total. The zero-order chi connectivity index (χ0) is 11.7. The summed E-state index contributed by atoms with van der Waals surface area (Å²) in [6, 6.07) is -1.01. The van der Waals surface area contributed by atoms with Crippen molar-refractivity contribution in [3.63, 3.8) is 0 Å². The molecule has 86 valence electrons. The Bertz CT molecular complexity index is 338. The molecule has 0 spiro atoms. The average molecular weight is 225 g/mol. The number of amides is 3. The number of piperidine rings is 1. The Morgan fingerprint density at radius 2 is 2.38 bits per heavy atom. The van der Waals surface area contributed by atoms with Crippen molar-refractivity contribution in [1.29, 1.82) is 5.31 Å². The van der Waals surface area contributed by atoms with Crippen LogP contribution >= 0.6 is 0 Å². The summed E-state index contributed by atoms with van der Waals surface area (Å²) >= 11 is 0. The van der Waals surface area contributed by atoms with E-state index in [1.807, 2.05) is 5.43 Å². The molecule has 8 nitrogen and oxygen atoms in total. The summed E-state index contributed by atoms with van der Waals surface area (Å²) in [6.07, 6.45) is 1.21. The molecule has 2 fully saturated rings. The second kappa shape index (κ2) is 4.09. The normalized spacial score (nSPS) is 27.7. The second-order valence-corrected chi connectivity index (χ2v) is 3.74. The van der Waals surface area contributed by atoms with Crippen molar-refractivity contribution in [1.82, 2.24) is 15.4 Å². The molecule has 2 aliphatic rings. The number of nitrogens with zero attached hydrogens (tertiary/aromatic N) is 2.